The summed E-state index contributed by atoms with van der Waals surface area (Å²) in [7, 11) is 2.21. The summed E-state index contributed by atoms with van der Waals surface area (Å²) in [6.07, 6.45) is 2.73. The van der Waals surface area contributed by atoms with Gasteiger partial charge in [0.1, 0.15) is 0 Å². The Morgan fingerprint density at radius 1 is 1.36 bits per heavy atom. The highest BCUT2D eigenvalue weighted by atomic mass is 15.1. The molecule has 0 aromatic heterocycles. The molecule has 0 aromatic rings. The van der Waals surface area contributed by atoms with E-state index in [9.17, 15) is 0 Å². The lowest BCUT2D eigenvalue weighted by atomic mass is 9.98. The minimum Gasteiger partial charge on any atom is -0.317 e. The van der Waals surface area contributed by atoms with Crippen molar-refractivity contribution in [3.63, 3.8) is 0 Å². The van der Waals surface area contributed by atoms with E-state index in [2.05, 4.69) is 24.2 Å². The Kier molecular flexibility index (Phi) is 3.87. The molecule has 1 N–H and O–H groups in total. The zero-order valence-corrected chi connectivity index (χ0v) is 7.77. The topological polar surface area (TPSA) is 15.3 Å². The van der Waals surface area contributed by atoms with Crippen molar-refractivity contribution in [1.82, 2.24) is 10.2 Å². The average molecular weight is 156 g/mol. The van der Waals surface area contributed by atoms with Crippen LogP contribution in [0.3, 0.4) is 0 Å². The van der Waals surface area contributed by atoms with E-state index >= 15 is 0 Å². The Labute approximate surface area is 70.0 Å². The Morgan fingerprint density at radius 3 is 2.55 bits per heavy atom. The molecule has 1 heterocycles. The SMILES string of the molecule is CCN(C)CC1CCNCC1. The Hall–Kier alpha value is -0.0800. The molecule has 0 radical (unpaired) electrons. The van der Waals surface area contributed by atoms with Gasteiger partial charge in [-0.2, -0.15) is 0 Å². The van der Waals surface area contributed by atoms with Crippen LogP contribution in [0.5, 0.6) is 0 Å². The van der Waals surface area contributed by atoms with E-state index in [0.717, 1.165) is 5.92 Å². The first-order chi connectivity index (χ1) is 5.33. The molecular formula is C9H20N2. The first-order valence-electron chi connectivity index (χ1n) is 4.72. The summed E-state index contributed by atoms with van der Waals surface area (Å²) in [5, 5.41) is 3.39. The minimum absolute atomic E-state index is 0.946. The van der Waals surface area contributed by atoms with Gasteiger partial charge in [-0.25, -0.2) is 0 Å². The lowest BCUT2D eigenvalue weighted by Gasteiger charge is -2.26. The van der Waals surface area contributed by atoms with Gasteiger partial charge in [0, 0.05) is 6.54 Å². The van der Waals surface area contributed by atoms with E-state index in [1.54, 1.807) is 0 Å². The number of piperidine rings is 1. The summed E-state index contributed by atoms with van der Waals surface area (Å²) >= 11 is 0. The fourth-order valence-corrected chi connectivity index (χ4v) is 1.63. The van der Waals surface area contributed by atoms with Gasteiger partial charge in [-0.3, -0.25) is 0 Å². The summed E-state index contributed by atoms with van der Waals surface area (Å²) in [4.78, 5) is 2.41. The van der Waals surface area contributed by atoms with Crippen LogP contribution >= 0.6 is 0 Å². The monoisotopic (exact) mass is 156 g/mol. The standard InChI is InChI=1S/C9H20N2/c1-3-11(2)8-9-4-6-10-7-5-9/h9-10H,3-8H2,1-2H3. The van der Waals surface area contributed by atoms with Gasteiger partial charge in [-0.1, -0.05) is 6.92 Å². The van der Waals surface area contributed by atoms with Gasteiger partial charge in [0.15, 0.2) is 0 Å². The van der Waals surface area contributed by atoms with Crippen LogP contribution in [0.2, 0.25) is 0 Å². The van der Waals surface area contributed by atoms with Crippen LogP contribution < -0.4 is 5.32 Å². The third-order valence-corrected chi connectivity index (χ3v) is 2.57. The maximum Gasteiger partial charge on any atom is 0.000744 e. The normalized spacial score (nSPS) is 21.0. The Balaban J connectivity index is 2.13. The zero-order chi connectivity index (χ0) is 8.10. The molecule has 0 spiro atoms. The third-order valence-electron chi connectivity index (χ3n) is 2.57. The molecule has 0 saturated carbocycles. The fraction of sp³-hybridized carbons (Fsp3) is 1.00. The lowest BCUT2D eigenvalue weighted by molar-refractivity contribution is 0.248. The van der Waals surface area contributed by atoms with Crippen molar-refractivity contribution in [2.24, 2.45) is 5.92 Å². The molecule has 0 aromatic carbocycles. The van der Waals surface area contributed by atoms with E-state index < -0.39 is 0 Å². The second-order valence-electron chi connectivity index (χ2n) is 3.55. The maximum absolute atomic E-state index is 3.39. The van der Waals surface area contributed by atoms with Crippen LogP contribution in [-0.4, -0.2) is 38.1 Å². The molecule has 2 nitrogen and oxygen atoms in total. The van der Waals surface area contributed by atoms with Crippen molar-refractivity contribution < 1.29 is 0 Å². The van der Waals surface area contributed by atoms with Crippen molar-refractivity contribution in [1.29, 1.82) is 0 Å². The quantitative estimate of drug-likeness (QED) is 0.654. The lowest BCUT2D eigenvalue weighted by Crippen LogP contribution is -2.34. The number of rotatable bonds is 3. The second-order valence-corrected chi connectivity index (χ2v) is 3.55. The van der Waals surface area contributed by atoms with E-state index in [0.29, 0.717) is 0 Å². The molecule has 11 heavy (non-hydrogen) atoms. The highest BCUT2D eigenvalue weighted by Gasteiger charge is 2.13. The molecule has 1 aliphatic rings. The number of hydrogen-bond acceptors (Lipinski definition) is 2. The average Bonchev–Trinajstić information content (AvgIpc) is 2.06. The number of nitrogens with one attached hydrogen (secondary N) is 1. The van der Waals surface area contributed by atoms with Crippen LogP contribution in [-0.2, 0) is 0 Å². The Bertz CT molecular complexity index is 97.7. The van der Waals surface area contributed by atoms with Gasteiger partial charge in [0.25, 0.3) is 0 Å². The van der Waals surface area contributed by atoms with Crippen molar-refractivity contribution in [3.8, 4) is 0 Å². The Morgan fingerprint density at radius 2 is 2.00 bits per heavy atom. The first-order valence-corrected chi connectivity index (χ1v) is 4.72. The predicted octanol–water partition coefficient (Wildman–Crippen LogP) is 0.938. The molecule has 2 heteroatoms. The molecule has 1 fully saturated rings. The first kappa shape index (κ1) is 9.01. The van der Waals surface area contributed by atoms with Crippen LogP contribution in [0, 0.1) is 5.92 Å². The van der Waals surface area contributed by atoms with E-state index in [4.69, 9.17) is 0 Å². The summed E-state index contributed by atoms with van der Waals surface area (Å²) in [5.74, 6) is 0.946. The predicted molar refractivity (Wildman–Crippen MR) is 48.8 cm³/mol. The van der Waals surface area contributed by atoms with Gasteiger partial charge in [-0.15, -0.1) is 0 Å². The van der Waals surface area contributed by atoms with Gasteiger partial charge in [0.05, 0.1) is 0 Å². The molecular weight excluding hydrogens is 136 g/mol. The highest BCUT2D eigenvalue weighted by Crippen LogP contribution is 2.11. The minimum atomic E-state index is 0.946. The van der Waals surface area contributed by atoms with Gasteiger partial charge < -0.3 is 10.2 Å². The highest BCUT2D eigenvalue weighted by molar-refractivity contribution is 4.70. The summed E-state index contributed by atoms with van der Waals surface area (Å²) in [6, 6.07) is 0. The van der Waals surface area contributed by atoms with Crippen molar-refractivity contribution in [2.75, 3.05) is 33.2 Å². The smallest absolute Gasteiger partial charge is 0.000744 e. The molecule has 0 aliphatic carbocycles. The van der Waals surface area contributed by atoms with Crippen molar-refractivity contribution in [3.05, 3.63) is 0 Å². The molecule has 66 valence electrons. The second kappa shape index (κ2) is 4.73. The van der Waals surface area contributed by atoms with Crippen LogP contribution in [0.15, 0.2) is 0 Å². The molecule has 0 atom stereocenters. The summed E-state index contributed by atoms with van der Waals surface area (Å²) in [5.41, 5.74) is 0. The molecule has 1 aliphatic heterocycles. The third kappa shape index (κ3) is 3.21. The van der Waals surface area contributed by atoms with Crippen molar-refractivity contribution >= 4 is 0 Å². The van der Waals surface area contributed by atoms with E-state index in [1.165, 1.54) is 39.0 Å². The molecule has 0 unspecified atom stereocenters. The molecule has 0 bridgehead atoms. The molecule has 0 amide bonds. The van der Waals surface area contributed by atoms with Crippen molar-refractivity contribution in [2.45, 2.75) is 19.8 Å². The van der Waals surface area contributed by atoms with Crippen LogP contribution in [0.25, 0.3) is 0 Å². The maximum atomic E-state index is 3.39. The number of nitrogens with zero attached hydrogens (tertiary/aromatic N) is 1. The van der Waals surface area contributed by atoms with E-state index in [1.807, 2.05) is 0 Å². The largest absolute Gasteiger partial charge is 0.317 e. The summed E-state index contributed by atoms with van der Waals surface area (Å²) in [6.45, 7) is 7.15. The fourth-order valence-electron chi connectivity index (χ4n) is 1.63. The zero-order valence-electron chi connectivity index (χ0n) is 7.77. The van der Waals surface area contributed by atoms with Gasteiger partial charge >= 0.3 is 0 Å². The van der Waals surface area contributed by atoms with Gasteiger partial charge in [-0.05, 0) is 45.4 Å². The van der Waals surface area contributed by atoms with Crippen LogP contribution in [0.4, 0.5) is 0 Å². The molecule has 1 saturated heterocycles. The molecule has 1 rings (SSSR count). The van der Waals surface area contributed by atoms with E-state index in [-0.39, 0.29) is 0 Å². The summed E-state index contributed by atoms with van der Waals surface area (Å²) < 4.78 is 0. The van der Waals surface area contributed by atoms with Gasteiger partial charge in [0.2, 0.25) is 0 Å². The van der Waals surface area contributed by atoms with Crippen LogP contribution in [0.1, 0.15) is 19.8 Å². The number of hydrogen-bond donors (Lipinski definition) is 1.